The second-order valence-corrected chi connectivity index (χ2v) is 5.40. The van der Waals surface area contributed by atoms with Gasteiger partial charge in [0.25, 0.3) is 0 Å². The monoisotopic (exact) mass is 322 g/mol. The molecule has 0 aliphatic rings. The van der Waals surface area contributed by atoms with Crippen LogP contribution >= 0.6 is 15.9 Å². The molecular formula is C15H19BrN2O. The maximum atomic E-state index is 5.00. The first kappa shape index (κ1) is 14.3. The van der Waals surface area contributed by atoms with Gasteiger partial charge in [0.05, 0.1) is 6.61 Å². The molecular weight excluding hydrogens is 304 g/mol. The smallest absolute Gasteiger partial charge is 0.0587 e. The van der Waals surface area contributed by atoms with Gasteiger partial charge in [-0.1, -0.05) is 28.1 Å². The van der Waals surface area contributed by atoms with Crippen molar-refractivity contribution in [1.82, 2.24) is 9.88 Å². The van der Waals surface area contributed by atoms with Crippen LogP contribution in [-0.4, -0.2) is 24.8 Å². The number of nitrogens with zero attached hydrogens (tertiary/aromatic N) is 1. The Labute approximate surface area is 122 Å². The van der Waals surface area contributed by atoms with E-state index in [1.54, 1.807) is 7.11 Å². The zero-order valence-corrected chi connectivity index (χ0v) is 12.7. The summed E-state index contributed by atoms with van der Waals surface area (Å²) in [6.45, 7) is 3.43. The first-order valence-corrected chi connectivity index (χ1v) is 7.16. The summed E-state index contributed by atoms with van der Waals surface area (Å²) < 4.78 is 8.32. The number of aromatic nitrogens is 1. The van der Waals surface area contributed by atoms with Gasteiger partial charge in [-0.05, 0) is 29.3 Å². The van der Waals surface area contributed by atoms with Crippen molar-refractivity contribution in [2.45, 2.75) is 13.1 Å². The molecule has 0 saturated heterocycles. The quantitative estimate of drug-likeness (QED) is 0.793. The Hall–Kier alpha value is -1.10. The minimum absolute atomic E-state index is 0.750. The van der Waals surface area contributed by atoms with Crippen LogP contribution in [0.25, 0.3) is 0 Å². The van der Waals surface area contributed by atoms with E-state index in [1.165, 1.54) is 11.1 Å². The summed E-state index contributed by atoms with van der Waals surface area (Å²) in [6.07, 6.45) is 4.30. The molecule has 0 spiro atoms. The molecule has 4 heteroatoms. The van der Waals surface area contributed by atoms with Crippen LogP contribution in [0, 0.1) is 0 Å². The molecule has 1 aromatic carbocycles. The van der Waals surface area contributed by atoms with Gasteiger partial charge >= 0.3 is 0 Å². The summed E-state index contributed by atoms with van der Waals surface area (Å²) in [5.41, 5.74) is 2.60. The molecule has 1 aromatic heterocycles. The predicted molar refractivity (Wildman–Crippen MR) is 81.3 cm³/mol. The molecule has 0 aliphatic heterocycles. The Morgan fingerprint density at radius 2 is 1.95 bits per heavy atom. The van der Waals surface area contributed by atoms with E-state index in [9.17, 15) is 0 Å². The van der Waals surface area contributed by atoms with Crippen molar-refractivity contribution >= 4 is 15.9 Å². The van der Waals surface area contributed by atoms with Crippen LogP contribution in [0.5, 0.6) is 0 Å². The second-order valence-electron chi connectivity index (χ2n) is 4.49. The first-order chi connectivity index (χ1) is 9.28. The Morgan fingerprint density at radius 1 is 1.16 bits per heavy atom. The molecule has 0 bridgehead atoms. The average Bonchev–Trinajstić information content (AvgIpc) is 2.85. The maximum absolute atomic E-state index is 5.00. The molecule has 0 unspecified atom stereocenters. The van der Waals surface area contributed by atoms with Crippen molar-refractivity contribution in [3.05, 3.63) is 58.3 Å². The fourth-order valence-electron chi connectivity index (χ4n) is 1.90. The summed E-state index contributed by atoms with van der Waals surface area (Å²) in [6, 6.07) is 10.6. The van der Waals surface area contributed by atoms with Crippen molar-refractivity contribution < 1.29 is 4.74 Å². The third kappa shape index (κ3) is 4.82. The van der Waals surface area contributed by atoms with Gasteiger partial charge in [0.1, 0.15) is 0 Å². The zero-order chi connectivity index (χ0) is 13.5. The van der Waals surface area contributed by atoms with Gasteiger partial charge in [0, 0.05) is 43.6 Å². The number of hydrogen-bond acceptors (Lipinski definition) is 2. The summed E-state index contributed by atoms with van der Waals surface area (Å²) in [5.74, 6) is 0. The Bertz CT molecular complexity index is 493. The van der Waals surface area contributed by atoms with Crippen molar-refractivity contribution in [3.8, 4) is 0 Å². The lowest BCUT2D eigenvalue weighted by atomic mass is 10.2. The standard InChI is InChI=1S/C15H19BrN2O/c1-19-9-7-17-10-14-6-8-18(12-14)11-13-2-4-15(16)5-3-13/h2-6,8,12,17H,7,9-11H2,1H3. The zero-order valence-electron chi connectivity index (χ0n) is 11.1. The van der Waals surface area contributed by atoms with E-state index in [4.69, 9.17) is 4.74 Å². The van der Waals surface area contributed by atoms with E-state index in [-0.39, 0.29) is 0 Å². The van der Waals surface area contributed by atoms with Crippen molar-refractivity contribution in [1.29, 1.82) is 0 Å². The van der Waals surface area contributed by atoms with Crippen molar-refractivity contribution in [3.63, 3.8) is 0 Å². The van der Waals surface area contributed by atoms with Crippen LogP contribution in [0.4, 0.5) is 0 Å². The number of methoxy groups -OCH3 is 1. The van der Waals surface area contributed by atoms with E-state index in [2.05, 4.69) is 68.5 Å². The third-order valence-electron chi connectivity index (χ3n) is 2.90. The number of benzene rings is 1. The molecule has 0 amide bonds. The van der Waals surface area contributed by atoms with Gasteiger partial charge < -0.3 is 14.6 Å². The fraction of sp³-hybridized carbons (Fsp3) is 0.333. The molecule has 0 fully saturated rings. The van der Waals surface area contributed by atoms with E-state index in [1.807, 2.05) is 0 Å². The van der Waals surface area contributed by atoms with Crippen molar-refractivity contribution in [2.75, 3.05) is 20.3 Å². The SMILES string of the molecule is COCCNCc1ccn(Cc2ccc(Br)cc2)c1. The number of ether oxygens (including phenoxy) is 1. The lowest BCUT2D eigenvalue weighted by Crippen LogP contribution is -2.18. The highest BCUT2D eigenvalue weighted by atomic mass is 79.9. The Kier molecular flexibility index (Phi) is 5.63. The highest BCUT2D eigenvalue weighted by Gasteiger charge is 1.98. The van der Waals surface area contributed by atoms with E-state index in [0.29, 0.717) is 0 Å². The van der Waals surface area contributed by atoms with Crippen LogP contribution in [0.1, 0.15) is 11.1 Å². The molecule has 0 saturated carbocycles. The summed E-state index contributed by atoms with van der Waals surface area (Å²) in [5, 5.41) is 3.34. The van der Waals surface area contributed by atoms with Crippen molar-refractivity contribution in [2.24, 2.45) is 0 Å². The second kappa shape index (κ2) is 7.48. The lowest BCUT2D eigenvalue weighted by Gasteiger charge is -2.04. The molecule has 2 aromatic rings. The number of halogens is 1. The van der Waals surface area contributed by atoms with Gasteiger partial charge in [-0.25, -0.2) is 0 Å². The lowest BCUT2D eigenvalue weighted by molar-refractivity contribution is 0.199. The van der Waals surface area contributed by atoms with Crippen LogP contribution in [0.3, 0.4) is 0 Å². The first-order valence-electron chi connectivity index (χ1n) is 6.36. The number of rotatable bonds is 7. The largest absolute Gasteiger partial charge is 0.383 e. The molecule has 1 N–H and O–H groups in total. The average molecular weight is 323 g/mol. The van der Waals surface area contributed by atoms with Gasteiger partial charge in [-0.3, -0.25) is 0 Å². The molecule has 102 valence electrons. The highest BCUT2D eigenvalue weighted by Crippen LogP contribution is 2.12. The maximum Gasteiger partial charge on any atom is 0.0587 e. The molecule has 19 heavy (non-hydrogen) atoms. The third-order valence-corrected chi connectivity index (χ3v) is 3.43. The number of hydrogen-bond donors (Lipinski definition) is 1. The molecule has 2 rings (SSSR count). The van der Waals surface area contributed by atoms with Crippen LogP contribution in [-0.2, 0) is 17.8 Å². The van der Waals surface area contributed by atoms with E-state index < -0.39 is 0 Å². The minimum atomic E-state index is 0.750. The molecule has 3 nitrogen and oxygen atoms in total. The van der Waals surface area contributed by atoms with Gasteiger partial charge in [0.2, 0.25) is 0 Å². The molecule has 0 aliphatic carbocycles. The normalized spacial score (nSPS) is 10.8. The minimum Gasteiger partial charge on any atom is -0.383 e. The molecule has 0 atom stereocenters. The Morgan fingerprint density at radius 3 is 2.68 bits per heavy atom. The van der Waals surface area contributed by atoms with Crippen LogP contribution in [0.15, 0.2) is 47.2 Å². The topological polar surface area (TPSA) is 26.2 Å². The predicted octanol–water partition coefficient (Wildman–Crippen LogP) is 3.03. The highest BCUT2D eigenvalue weighted by molar-refractivity contribution is 9.10. The summed E-state index contributed by atoms with van der Waals surface area (Å²) in [4.78, 5) is 0. The van der Waals surface area contributed by atoms with E-state index >= 15 is 0 Å². The summed E-state index contributed by atoms with van der Waals surface area (Å²) >= 11 is 3.45. The van der Waals surface area contributed by atoms with Gasteiger partial charge in [0.15, 0.2) is 0 Å². The fourth-order valence-corrected chi connectivity index (χ4v) is 2.17. The molecule has 1 heterocycles. The molecule has 0 radical (unpaired) electrons. The Balaban J connectivity index is 1.85. The number of nitrogens with one attached hydrogen (secondary N) is 1. The van der Waals surface area contributed by atoms with E-state index in [0.717, 1.165) is 30.7 Å². The van der Waals surface area contributed by atoms with Crippen LogP contribution in [0.2, 0.25) is 0 Å². The van der Waals surface area contributed by atoms with Crippen LogP contribution < -0.4 is 5.32 Å². The van der Waals surface area contributed by atoms with Gasteiger partial charge in [-0.15, -0.1) is 0 Å². The summed E-state index contributed by atoms with van der Waals surface area (Å²) in [7, 11) is 1.72. The van der Waals surface area contributed by atoms with Gasteiger partial charge in [-0.2, -0.15) is 0 Å².